The first-order chi connectivity index (χ1) is 11.6. The molecule has 0 aliphatic rings. The fourth-order valence-electron chi connectivity index (χ4n) is 2.05. The highest BCUT2D eigenvalue weighted by atomic mass is 32.2. The topological polar surface area (TPSA) is 72.7 Å². The molecule has 0 radical (unpaired) electrons. The van der Waals surface area contributed by atoms with E-state index in [-0.39, 0.29) is 5.91 Å². The van der Waals surface area contributed by atoms with Gasteiger partial charge in [0.2, 0.25) is 0 Å². The number of thiophene rings is 1. The molecule has 1 N–H and O–H groups in total. The van der Waals surface area contributed by atoms with Crippen molar-refractivity contribution in [3.63, 3.8) is 0 Å². The highest BCUT2D eigenvalue weighted by Gasteiger charge is 2.12. The lowest BCUT2D eigenvalue weighted by molar-refractivity contribution is 0.0953. The minimum atomic E-state index is -0.0845. The number of hydrogen-bond acceptors (Lipinski definition) is 6. The highest BCUT2D eigenvalue weighted by molar-refractivity contribution is 7.98. The van der Waals surface area contributed by atoms with Gasteiger partial charge in [0, 0.05) is 23.9 Å². The number of nitrogens with zero attached hydrogens (tertiary/aromatic N) is 4. The van der Waals surface area contributed by atoms with Gasteiger partial charge in [0.05, 0.1) is 17.1 Å². The van der Waals surface area contributed by atoms with E-state index in [0.717, 1.165) is 27.3 Å². The number of aromatic nitrogens is 4. The Morgan fingerprint density at radius 3 is 2.88 bits per heavy atom. The molecule has 0 saturated heterocycles. The van der Waals surface area contributed by atoms with E-state index in [1.54, 1.807) is 18.0 Å². The third kappa shape index (κ3) is 4.01. The number of thioether (sulfide) groups is 1. The van der Waals surface area contributed by atoms with Gasteiger partial charge in [-0.05, 0) is 31.2 Å². The Kier molecular flexibility index (Phi) is 5.27. The quantitative estimate of drug-likeness (QED) is 0.685. The maximum absolute atomic E-state index is 12.1. The molecule has 0 aromatic carbocycles. The van der Waals surface area contributed by atoms with Crippen LogP contribution in [0.5, 0.6) is 0 Å². The minimum absolute atomic E-state index is 0.0845. The molecule has 3 rings (SSSR count). The average molecular weight is 359 g/mol. The van der Waals surface area contributed by atoms with Crippen molar-refractivity contribution in [3.05, 3.63) is 57.8 Å². The monoisotopic (exact) mass is 359 g/mol. The molecule has 0 spiro atoms. The normalized spacial score (nSPS) is 10.8. The molecular weight excluding hydrogens is 342 g/mol. The summed E-state index contributed by atoms with van der Waals surface area (Å²) in [7, 11) is 1.90. The van der Waals surface area contributed by atoms with Crippen LogP contribution in [0, 0.1) is 6.92 Å². The predicted molar refractivity (Wildman–Crippen MR) is 95.0 cm³/mol. The maximum atomic E-state index is 12.1. The summed E-state index contributed by atoms with van der Waals surface area (Å²) >= 11 is 3.05. The Morgan fingerprint density at radius 1 is 1.29 bits per heavy atom. The molecule has 0 saturated carbocycles. The van der Waals surface area contributed by atoms with Crippen LogP contribution < -0.4 is 5.32 Å². The van der Waals surface area contributed by atoms with Crippen LogP contribution in [0.4, 0.5) is 0 Å². The van der Waals surface area contributed by atoms with Crippen LogP contribution in [0.3, 0.4) is 0 Å². The summed E-state index contributed by atoms with van der Waals surface area (Å²) in [5.41, 5.74) is 0.994. The van der Waals surface area contributed by atoms with Gasteiger partial charge in [-0.2, -0.15) is 0 Å². The van der Waals surface area contributed by atoms with Gasteiger partial charge < -0.3 is 9.88 Å². The Morgan fingerprint density at radius 2 is 2.17 bits per heavy atom. The molecule has 8 heteroatoms. The number of amides is 1. The summed E-state index contributed by atoms with van der Waals surface area (Å²) in [4.78, 5) is 18.2. The Bertz CT molecular complexity index is 828. The third-order valence-electron chi connectivity index (χ3n) is 3.37. The summed E-state index contributed by atoms with van der Waals surface area (Å²) < 4.78 is 1.90. The zero-order valence-corrected chi connectivity index (χ0v) is 15.0. The fraction of sp³-hybridized carbons (Fsp3) is 0.250. The third-order valence-corrected chi connectivity index (χ3v) is 5.42. The summed E-state index contributed by atoms with van der Waals surface area (Å²) in [6.45, 7) is 2.33. The largest absolute Gasteiger partial charge is 0.344 e. The lowest BCUT2D eigenvalue weighted by Gasteiger charge is -2.05. The molecule has 0 atom stereocenters. The molecule has 0 unspecified atom stereocenters. The van der Waals surface area contributed by atoms with Crippen LogP contribution >= 0.6 is 23.1 Å². The van der Waals surface area contributed by atoms with Gasteiger partial charge in [0.1, 0.15) is 0 Å². The molecule has 3 aromatic heterocycles. The van der Waals surface area contributed by atoms with Gasteiger partial charge >= 0.3 is 0 Å². The van der Waals surface area contributed by atoms with E-state index in [4.69, 9.17) is 0 Å². The second-order valence-electron chi connectivity index (χ2n) is 5.16. The Hall–Kier alpha value is -2.19. The molecule has 3 heterocycles. The number of hydrogen-bond donors (Lipinski definition) is 1. The summed E-state index contributed by atoms with van der Waals surface area (Å²) in [5.74, 6) is 1.37. The van der Waals surface area contributed by atoms with Crippen molar-refractivity contribution < 1.29 is 4.79 Å². The van der Waals surface area contributed by atoms with Crippen LogP contribution in [0.2, 0.25) is 0 Å². The van der Waals surface area contributed by atoms with E-state index < -0.39 is 0 Å². The first-order valence-electron chi connectivity index (χ1n) is 7.39. The predicted octanol–water partition coefficient (Wildman–Crippen LogP) is 2.80. The second kappa shape index (κ2) is 7.59. The summed E-state index contributed by atoms with van der Waals surface area (Å²) in [6, 6.07) is 9.61. The highest BCUT2D eigenvalue weighted by Crippen LogP contribution is 2.20. The van der Waals surface area contributed by atoms with E-state index >= 15 is 0 Å². The van der Waals surface area contributed by atoms with Gasteiger partial charge in [0.25, 0.3) is 5.91 Å². The molecular formula is C16H17N5OS2. The minimum Gasteiger partial charge on any atom is -0.344 e. The number of aryl methyl sites for hydroxylation is 1. The van der Waals surface area contributed by atoms with Crippen LogP contribution in [-0.2, 0) is 19.3 Å². The van der Waals surface area contributed by atoms with E-state index in [9.17, 15) is 4.79 Å². The molecule has 0 aliphatic heterocycles. The van der Waals surface area contributed by atoms with Crippen molar-refractivity contribution in [3.8, 4) is 0 Å². The van der Waals surface area contributed by atoms with E-state index in [2.05, 4.69) is 20.5 Å². The smallest absolute Gasteiger partial charge is 0.261 e. The van der Waals surface area contributed by atoms with E-state index in [1.165, 1.54) is 11.3 Å². The van der Waals surface area contributed by atoms with Crippen LogP contribution in [0.25, 0.3) is 0 Å². The van der Waals surface area contributed by atoms with Crippen molar-refractivity contribution in [1.82, 2.24) is 25.1 Å². The number of nitrogens with one attached hydrogen (secondary N) is 1. The summed E-state index contributed by atoms with van der Waals surface area (Å²) in [6.07, 6.45) is 1.78. The average Bonchev–Trinajstić information content (AvgIpc) is 3.18. The van der Waals surface area contributed by atoms with Gasteiger partial charge in [-0.15, -0.1) is 21.5 Å². The zero-order valence-electron chi connectivity index (χ0n) is 13.4. The van der Waals surface area contributed by atoms with Gasteiger partial charge in [-0.3, -0.25) is 9.78 Å². The van der Waals surface area contributed by atoms with Gasteiger partial charge in [0.15, 0.2) is 11.0 Å². The lowest BCUT2D eigenvalue weighted by Crippen LogP contribution is -2.23. The van der Waals surface area contributed by atoms with Gasteiger partial charge in [-0.1, -0.05) is 17.8 Å². The number of carbonyl (C=O) groups is 1. The molecule has 0 fully saturated rings. The van der Waals surface area contributed by atoms with Crippen LogP contribution in [0.1, 0.15) is 26.1 Å². The second-order valence-corrected chi connectivity index (χ2v) is 7.39. The van der Waals surface area contributed by atoms with E-state index in [1.807, 2.05) is 48.9 Å². The fourth-order valence-corrected chi connectivity index (χ4v) is 3.68. The SMILES string of the molecule is Cc1ccc(C(=O)NCc2nnc(SCc3ccccn3)n2C)s1. The Labute approximate surface area is 148 Å². The molecule has 0 bridgehead atoms. The zero-order chi connectivity index (χ0) is 16.9. The molecule has 3 aromatic rings. The number of pyridine rings is 1. The van der Waals surface area contributed by atoms with Crippen molar-refractivity contribution >= 4 is 29.0 Å². The molecule has 0 aliphatic carbocycles. The standard InChI is InChI=1S/C16H17N5OS2/c1-11-6-7-13(24-11)15(22)18-9-14-19-20-16(21(14)2)23-10-12-5-3-4-8-17-12/h3-8H,9-10H2,1-2H3,(H,18,22). The van der Waals surface area contributed by atoms with Crippen LogP contribution in [-0.4, -0.2) is 25.7 Å². The van der Waals surface area contributed by atoms with Crippen molar-refractivity contribution in [2.24, 2.45) is 7.05 Å². The van der Waals surface area contributed by atoms with E-state index in [0.29, 0.717) is 11.4 Å². The molecule has 1 amide bonds. The lowest BCUT2D eigenvalue weighted by atomic mass is 10.4. The summed E-state index contributed by atoms with van der Waals surface area (Å²) in [5, 5.41) is 12.0. The van der Waals surface area contributed by atoms with Crippen LogP contribution in [0.15, 0.2) is 41.7 Å². The molecule has 6 nitrogen and oxygen atoms in total. The van der Waals surface area contributed by atoms with Gasteiger partial charge in [-0.25, -0.2) is 0 Å². The number of carbonyl (C=O) groups excluding carboxylic acids is 1. The number of rotatable bonds is 6. The Balaban J connectivity index is 1.57. The van der Waals surface area contributed by atoms with Crippen molar-refractivity contribution in [1.29, 1.82) is 0 Å². The molecule has 24 heavy (non-hydrogen) atoms. The van der Waals surface area contributed by atoms with Crippen molar-refractivity contribution in [2.75, 3.05) is 0 Å². The van der Waals surface area contributed by atoms with Crippen molar-refractivity contribution in [2.45, 2.75) is 24.4 Å². The molecule has 124 valence electrons. The first kappa shape index (κ1) is 16.7. The maximum Gasteiger partial charge on any atom is 0.261 e. The first-order valence-corrected chi connectivity index (χ1v) is 9.19.